The minimum Gasteiger partial charge on any atom is -0.394 e. The van der Waals surface area contributed by atoms with Crippen molar-refractivity contribution >= 4 is 0 Å². The highest BCUT2D eigenvalue weighted by Gasteiger charge is 2.28. The maximum atomic E-state index is 9.58. The molecule has 4 heteroatoms. The Morgan fingerprint density at radius 1 is 1.47 bits per heavy atom. The second-order valence-corrected chi connectivity index (χ2v) is 6.24. The Hall–Kier alpha value is -0.160. The molecule has 0 amide bonds. The van der Waals surface area contributed by atoms with Crippen LogP contribution in [-0.4, -0.2) is 61.5 Å². The van der Waals surface area contributed by atoms with E-state index in [-0.39, 0.29) is 12.1 Å². The van der Waals surface area contributed by atoms with Crippen LogP contribution in [0.25, 0.3) is 0 Å². The van der Waals surface area contributed by atoms with E-state index < -0.39 is 0 Å². The van der Waals surface area contributed by atoms with Gasteiger partial charge in [-0.25, -0.2) is 0 Å². The molecule has 0 saturated carbocycles. The minimum atomic E-state index is -0.151. The molecule has 3 unspecified atom stereocenters. The largest absolute Gasteiger partial charge is 0.394 e. The zero-order valence-electron chi connectivity index (χ0n) is 13.1. The molecule has 0 aromatic heterocycles. The lowest BCUT2D eigenvalue weighted by atomic mass is 9.94. The lowest BCUT2D eigenvalue weighted by Gasteiger charge is -2.38. The number of piperidine rings is 1. The zero-order chi connectivity index (χ0) is 14.3. The molecule has 1 fully saturated rings. The van der Waals surface area contributed by atoms with Crippen molar-refractivity contribution in [2.75, 3.05) is 39.9 Å². The SMILES string of the molecule is CCCNC(C)(CO)CCN1CCC(C)C(OC)C1. The smallest absolute Gasteiger partial charge is 0.0724 e. The number of hydrogen-bond acceptors (Lipinski definition) is 4. The van der Waals surface area contributed by atoms with E-state index in [9.17, 15) is 5.11 Å². The number of rotatable bonds is 8. The Bertz CT molecular complexity index is 250. The lowest BCUT2D eigenvalue weighted by Crippen LogP contribution is -2.50. The third-order valence-electron chi connectivity index (χ3n) is 4.41. The molecule has 19 heavy (non-hydrogen) atoms. The molecule has 0 radical (unpaired) electrons. The van der Waals surface area contributed by atoms with Crippen LogP contribution in [0.3, 0.4) is 0 Å². The molecule has 1 rings (SSSR count). The average Bonchev–Trinajstić information content (AvgIpc) is 2.44. The van der Waals surface area contributed by atoms with Crippen LogP contribution in [0.2, 0.25) is 0 Å². The van der Waals surface area contributed by atoms with Gasteiger partial charge in [-0.3, -0.25) is 0 Å². The second-order valence-electron chi connectivity index (χ2n) is 6.24. The summed E-state index contributed by atoms with van der Waals surface area (Å²) in [4.78, 5) is 2.47. The molecule has 2 N–H and O–H groups in total. The summed E-state index contributed by atoms with van der Waals surface area (Å²) in [6.45, 7) is 10.9. The van der Waals surface area contributed by atoms with E-state index in [1.165, 1.54) is 6.42 Å². The van der Waals surface area contributed by atoms with Gasteiger partial charge in [-0.1, -0.05) is 13.8 Å². The fraction of sp³-hybridized carbons (Fsp3) is 1.00. The van der Waals surface area contributed by atoms with Gasteiger partial charge in [-0.15, -0.1) is 0 Å². The molecular weight excluding hydrogens is 240 g/mol. The average molecular weight is 272 g/mol. The first-order valence-corrected chi connectivity index (χ1v) is 7.65. The normalized spacial score (nSPS) is 28.3. The summed E-state index contributed by atoms with van der Waals surface area (Å²) in [6, 6.07) is 0. The molecule has 1 aliphatic rings. The van der Waals surface area contributed by atoms with E-state index in [0.29, 0.717) is 12.0 Å². The number of hydrogen-bond donors (Lipinski definition) is 2. The van der Waals surface area contributed by atoms with E-state index in [1.807, 2.05) is 7.11 Å². The van der Waals surface area contributed by atoms with Gasteiger partial charge in [0.25, 0.3) is 0 Å². The highest BCUT2D eigenvalue weighted by Crippen LogP contribution is 2.20. The third-order valence-corrected chi connectivity index (χ3v) is 4.41. The topological polar surface area (TPSA) is 44.7 Å². The maximum absolute atomic E-state index is 9.58. The van der Waals surface area contributed by atoms with Crippen molar-refractivity contribution in [2.45, 2.75) is 51.7 Å². The molecule has 0 spiro atoms. The van der Waals surface area contributed by atoms with Crippen LogP contribution in [0.5, 0.6) is 0 Å². The van der Waals surface area contributed by atoms with Crippen LogP contribution in [0.15, 0.2) is 0 Å². The van der Waals surface area contributed by atoms with Crippen molar-refractivity contribution in [3.63, 3.8) is 0 Å². The van der Waals surface area contributed by atoms with Gasteiger partial charge in [0.05, 0.1) is 12.7 Å². The monoisotopic (exact) mass is 272 g/mol. The predicted molar refractivity (Wildman–Crippen MR) is 79.4 cm³/mol. The molecule has 0 aromatic carbocycles. The number of nitrogens with zero attached hydrogens (tertiary/aromatic N) is 1. The number of aliphatic hydroxyl groups is 1. The van der Waals surface area contributed by atoms with Gasteiger partial charge in [-0.05, 0) is 45.2 Å². The summed E-state index contributed by atoms with van der Waals surface area (Å²) in [5.74, 6) is 0.656. The van der Waals surface area contributed by atoms with E-state index >= 15 is 0 Å². The summed E-state index contributed by atoms with van der Waals surface area (Å²) in [6.07, 6.45) is 3.64. The van der Waals surface area contributed by atoms with Gasteiger partial charge >= 0.3 is 0 Å². The Balaban J connectivity index is 2.38. The maximum Gasteiger partial charge on any atom is 0.0724 e. The molecule has 0 aromatic rings. The van der Waals surface area contributed by atoms with Gasteiger partial charge in [0.1, 0.15) is 0 Å². The van der Waals surface area contributed by atoms with Gasteiger partial charge in [0.2, 0.25) is 0 Å². The van der Waals surface area contributed by atoms with Gasteiger partial charge in [0.15, 0.2) is 0 Å². The quantitative estimate of drug-likeness (QED) is 0.702. The number of likely N-dealkylation sites (tertiary alicyclic amines) is 1. The molecular formula is C15H32N2O2. The molecule has 0 aliphatic carbocycles. The molecule has 114 valence electrons. The Kier molecular flexibility index (Phi) is 7.29. The van der Waals surface area contributed by atoms with Crippen molar-refractivity contribution in [1.82, 2.24) is 10.2 Å². The molecule has 1 heterocycles. The van der Waals surface area contributed by atoms with Crippen molar-refractivity contribution in [2.24, 2.45) is 5.92 Å². The molecule has 3 atom stereocenters. The highest BCUT2D eigenvalue weighted by molar-refractivity contribution is 4.85. The first-order valence-electron chi connectivity index (χ1n) is 7.65. The molecule has 4 nitrogen and oxygen atoms in total. The number of nitrogens with one attached hydrogen (secondary N) is 1. The Morgan fingerprint density at radius 2 is 2.21 bits per heavy atom. The molecule has 1 aliphatic heterocycles. The standard InChI is InChI=1S/C15H32N2O2/c1-5-8-16-15(3,12-18)7-10-17-9-6-13(2)14(11-17)19-4/h13-14,16,18H,5-12H2,1-4H3. The van der Waals surface area contributed by atoms with Crippen LogP contribution in [-0.2, 0) is 4.74 Å². The summed E-state index contributed by atoms with van der Waals surface area (Å²) >= 11 is 0. The first kappa shape index (κ1) is 16.9. The van der Waals surface area contributed by atoms with Crippen molar-refractivity contribution < 1.29 is 9.84 Å². The number of aliphatic hydroxyl groups excluding tert-OH is 1. The molecule has 0 bridgehead atoms. The number of ether oxygens (including phenoxy) is 1. The highest BCUT2D eigenvalue weighted by atomic mass is 16.5. The van der Waals surface area contributed by atoms with Crippen LogP contribution < -0.4 is 5.32 Å². The second kappa shape index (κ2) is 8.20. The van der Waals surface area contributed by atoms with Gasteiger partial charge in [-0.2, -0.15) is 0 Å². The first-order chi connectivity index (χ1) is 9.04. The van der Waals surface area contributed by atoms with Gasteiger partial charge in [0, 0.05) is 25.7 Å². The Morgan fingerprint density at radius 3 is 2.79 bits per heavy atom. The van der Waals surface area contributed by atoms with E-state index in [0.717, 1.165) is 39.0 Å². The number of methoxy groups -OCH3 is 1. The fourth-order valence-electron chi connectivity index (χ4n) is 2.66. The fourth-order valence-corrected chi connectivity index (χ4v) is 2.66. The molecule has 1 saturated heterocycles. The van der Waals surface area contributed by atoms with E-state index in [4.69, 9.17) is 4.74 Å². The third kappa shape index (κ3) is 5.38. The predicted octanol–water partition coefficient (Wildman–Crippen LogP) is 1.48. The Labute approximate surface area is 118 Å². The van der Waals surface area contributed by atoms with Crippen LogP contribution >= 0.6 is 0 Å². The van der Waals surface area contributed by atoms with E-state index in [2.05, 4.69) is 31.0 Å². The summed E-state index contributed by atoms with van der Waals surface area (Å²) in [5.41, 5.74) is -0.151. The summed E-state index contributed by atoms with van der Waals surface area (Å²) in [7, 11) is 1.81. The summed E-state index contributed by atoms with van der Waals surface area (Å²) < 4.78 is 5.55. The van der Waals surface area contributed by atoms with Crippen LogP contribution in [0.1, 0.15) is 40.0 Å². The van der Waals surface area contributed by atoms with E-state index in [1.54, 1.807) is 0 Å². The van der Waals surface area contributed by atoms with Crippen molar-refractivity contribution in [1.29, 1.82) is 0 Å². The van der Waals surface area contributed by atoms with Crippen LogP contribution in [0, 0.1) is 5.92 Å². The van der Waals surface area contributed by atoms with Crippen molar-refractivity contribution in [3.05, 3.63) is 0 Å². The van der Waals surface area contributed by atoms with Crippen molar-refractivity contribution in [3.8, 4) is 0 Å². The van der Waals surface area contributed by atoms with Crippen LogP contribution in [0.4, 0.5) is 0 Å². The van der Waals surface area contributed by atoms with Gasteiger partial charge < -0.3 is 20.1 Å². The lowest BCUT2D eigenvalue weighted by molar-refractivity contribution is -0.00813. The minimum absolute atomic E-state index is 0.151. The summed E-state index contributed by atoms with van der Waals surface area (Å²) in [5, 5.41) is 13.0. The zero-order valence-corrected chi connectivity index (χ0v) is 13.1.